The summed E-state index contributed by atoms with van der Waals surface area (Å²) in [7, 11) is 3.18. The lowest BCUT2D eigenvalue weighted by Crippen LogP contribution is -2.03. The molecule has 2 aromatic rings. The quantitative estimate of drug-likeness (QED) is 0.859. The number of anilines is 1. The Morgan fingerprint density at radius 1 is 1.16 bits per heavy atom. The van der Waals surface area contributed by atoms with Crippen LogP contribution in [0.15, 0.2) is 24.4 Å². The number of hydrogen-bond acceptors (Lipinski definition) is 4. The van der Waals surface area contributed by atoms with Crippen molar-refractivity contribution in [1.82, 2.24) is 9.78 Å². The van der Waals surface area contributed by atoms with Crippen LogP contribution in [0.4, 0.5) is 5.69 Å². The van der Waals surface area contributed by atoms with Crippen LogP contribution in [0.2, 0.25) is 0 Å². The van der Waals surface area contributed by atoms with Gasteiger partial charge >= 0.3 is 0 Å². The molecule has 0 aliphatic rings. The van der Waals surface area contributed by atoms with Crippen molar-refractivity contribution in [2.24, 2.45) is 0 Å². The third-order valence-corrected chi connectivity index (χ3v) is 2.98. The molecular weight excluding hydrogens is 242 g/mol. The Morgan fingerprint density at radius 3 is 2.32 bits per heavy atom. The van der Waals surface area contributed by atoms with Crippen LogP contribution in [0.3, 0.4) is 0 Å². The van der Waals surface area contributed by atoms with Gasteiger partial charge in [-0.15, -0.1) is 0 Å². The molecule has 19 heavy (non-hydrogen) atoms. The number of methoxy groups -OCH3 is 2. The molecule has 0 unspecified atom stereocenters. The van der Waals surface area contributed by atoms with Gasteiger partial charge in [0.05, 0.1) is 31.3 Å². The minimum absolute atomic E-state index is 0.377. The van der Waals surface area contributed by atoms with Crippen molar-refractivity contribution in [2.45, 2.75) is 19.8 Å². The average molecular weight is 261 g/mol. The van der Waals surface area contributed by atoms with Crippen molar-refractivity contribution in [2.75, 3.05) is 20.0 Å². The molecular formula is C14H19N3O2. The summed E-state index contributed by atoms with van der Waals surface area (Å²) in [4.78, 5) is 0. The van der Waals surface area contributed by atoms with Crippen LogP contribution in [0.1, 0.15) is 25.5 Å². The fraction of sp³-hybridized carbons (Fsp3) is 0.357. The molecule has 5 nitrogen and oxygen atoms in total. The molecule has 0 radical (unpaired) electrons. The Labute approximate surface area is 112 Å². The lowest BCUT2D eigenvalue weighted by atomic mass is 10.1. The minimum Gasteiger partial charge on any atom is -0.493 e. The van der Waals surface area contributed by atoms with Gasteiger partial charge in [0.25, 0.3) is 0 Å². The lowest BCUT2D eigenvalue weighted by molar-refractivity contribution is 0.355. The molecule has 1 heterocycles. The van der Waals surface area contributed by atoms with Crippen molar-refractivity contribution in [3.63, 3.8) is 0 Å². The van der Waals surface area contributed by atoms with E-state index in [9.17, 15) is 0 Å². The normalized spacial score (nSPS) is 10.8. The highest BCUT2D eigenvalue weighted by molar-refractivity contribution is 5.65. The molecule has 0 bridgehead atoms. The van der Waals surface area contributed by atoms with Gasteiger partial charge in [0, 0.05) is 18.3 Å². The molecule has 1 aromatic carbocycles. The summed E-state index contributed by atoms with van der Waals surface area (Å²) in [5, 5.41) is 4.51. The second-order valence-electron chi connectivity index (χ2n) is 4.61. The summed E-state index contributed by atoms with van der Waals surface area (Å²) in [5.41, 5.74) is 8.44. The Balaban J connectivity index is 2.49. The Morgan fingerprint density at radius 2 is 1.79 bits per heavy atom. The van der Waals surface area contributed by atoms with Crippen LogP contribution in [0.5, 0.6) is 11.5 Å². The predicted octanol–water partition coefficient (Wildman–Crippen LogP) is 2.60. The summed E-state index contributed by atoms with van der Waals surface area (Å²) in [6.45, 7) is 4.20. The van der Waals surface area contributed by atoms with E-state index in [1.807, 2.05) is 18.3 Å². The summed E-state index contributed by atoms with van der Waals surface area (Å²) in [6.07, 6.45) is 1.90. The van der Waals surface area contributed by atoms with Gasteiger partial charge in [0.15, 0.2) is 11.5 Å². The SMILES string of the molecule is COc1cc(N)c(-n2ccc(C(C)C)n2)cc1OC. The Kier molecular flexibility index (Phi) is 3.64. The van der Waals surface area contributed by atoms with E-state index in [1.165, 1.54) is 0 Å². The van der Waals surface area contributed by atoms with E-state index >= 15 is 0 Å². The smallest absolute Gasteiger partial charge is 0.163 e. The maximum Gasteiger partial charge on any atom is 0.163 e. The Hall–Kier alpha value is -2.17. The van der Waals surface area contributed by atoms with E-state index in [0.717, 1.165) is 11.4 Å². The molecule has 0 saturated carbocycles. The average Bonchev–Trinajstić information content (AvgIpc) is 2.87. The van der Waals surface area contributed by atoms with Gasteiger partial charge in [-0.1, -0.05) is 13.8 Å². The zero-order valence-corrected chi connectivity index (χ0v) is 11.7. The van der Waals surface area contributed by atoms with E-state index in [2.05, 4.69) is 18.9 Å². The number of benzene rings is 1. The molecule has 0 aliphatic heterocycles. The summed E-state index contributed by atoms with van der Waals surface area (Å²) in [5.74, 6) is 1.62. The van der Waals surface area contributed by atoms with Gasteiger partial charge in [-0.3, -0.25) is 0 Å². The molecule has 0 fully saturated rings. The van der Waals surface area contributed by atoms with E-state index in [-0.39, 0.29) is 0 Å². The lowest BCUT2D eigenvalue weighted by Gasteiger charge is -2.12. The maximum absolute atomic E-state index is 6.04. The first-order valence-electron chi connectivity index (χ1n) is 6.14. The number of hydrogen-bond donors (Lipinski definition) is 1. The summed E-state index contributed by atoms with van der Waals surface area (Å²) in [6, 6.07) is 5.55. The number of nitrogen functional groups attached to an aromatic ring is 1. The van der Waals surface area contributed by atoms with Crippen LogP contribution in [0, 0.1) is 0 Å². The molecule has 0 saturated heterocycles. The zero-order chi connectivity index (χ0) is 14.0. The van der Waals surface area contributed by atoms with Crippen molar-refractivity contribution in [3.8, 4) is 17.2 Å². The molecule has 0 atom stereocenters. The van der Waals surface area contributed by atoms with Crippen LogP contribution in [-0.2, 0) is 0 Å². The number of aromatic nitrogens is 2. The molecule has 102 valence electrons. The molecule has 2 N–H and O–H groups in total. The molecule has 5 heteroatoms. The molecule has 0 aliphatic carbocycles. The third-order valence-electron chi connectivity index (χ3n) is 2.98. The predicted molar refractivity (Wildman–Crippen MR) is 75.2 cm³/mol. The van der Waals surface area contributed by atoms with E-state index in [4.69, 9.17) is 15.2 Å². The first-order valence-corrected chi connectivity index (χ1v) is 6.14. The molecule has 0 amide bonds. The largest absolute Gasteiger partial charge is 0.493 e. The first kappa shape index (κ1) is 13.3. The van der Waals surface area contributed by atoms with Gasteiger partial charge in [-0.25, -0.2) is 4.68 Å². The molecule has 2 rings (SSSR count). The topological polar surface area (TPSA) is 62.3 Å². The van der Waals surface area contributed by atoms with E-state index < -0.39 is 0 Å². The van der Waals surface area contributed by atoms with Gasteiger partial charge in [-0.2, -0.15) is 5.10 Å². The van der Waals surface area contributed by atoms with Crippen molar-refractivity contribution < 1.29 is 9.47 Å². The highest BCUT2D eigenvalue weighted by Gasteiger charge is 2.12. The maximum atomic E-state index is 6.04. The molecule has 1 aromatic heterocycles. The van der Waals surface area contributed by atoms with Gasteiger partial charge < -0.3 is 15.2 Å². The van der Waals surface area contributed by atoms with Crippen LogP contribution in [0.25, 0.3) is 5.69 Å². The number of nitrogens with two attached hydrogens (primary N) is 1. The number of nitrogens with zero attached hydrogens (tertiary/aromatic N) is 2. The van der Waals surface area contributed by atoms with Gasteiger partial charge in [-0.05, 0) is 12.0 Å². The second-order valence-corrected chi connectivity index (χ2v) is 4.61. The van der Waals surface area contributed by atoms with Gasteiger partial charge in [0.1, 0.15) is 0 Å². The van der Waals surface area contributed by atoms with Crippen LogP contribution < -0.4 is 15.2 Å². The molecule has 0 spiro atoms. The minimum atomic E-state index is 0.377. The fourth-order valence-electron chi connectivity index (χ4n) is 1.86. The number of ether oxygens (including phenoxy) is 2. The summed E-state index contributed by atoms with van der Waals surface area (Å²) < 4.78 is 12.3. The first-order chi connectivity index (χ1) is 9.06. The van der Waals surface area contributed by atoms with Crippen molar-refractivity contribution >= 4 is 5.69 Å². The number of rotatable bonds is 4. The zero-order valence-electron chi connectivity index (χ0n) is 11.7. The van der Waals surface area contributed by atoms with Crippen LogP contribution in [-0.4, -0.2) is 24.0 Å². The van der Waals surface area contributed by atoms with E-state index in [1.54, 1.807) is 25.0 Å². The van der Waals surface area contributed by atoms with Gasteiger partial charge in [0.2, 0.25) is 0 Å². The highest BCUT2D eigenvalue weighted by Crippen LogP contribution is 2.33. The second kappa shape index (κ2) is 5.22. The monoisotopic (exact) mass is 261 g/mol. The van der Waals surface area contributed by atoms with Crippen molar-refractivity contribution in [3.05, 3.63) is 30.1 Å². The van der Waals surface area contributed by atoms with Crippen LogP contribution >= 0.6 is 0 Å². The van der Waals surface area contributed by atoms with E-state index in [0.29, 0.717) is 23.1 Å². The highest BCUT2D eigenvalue weighted by atomic mass is 16.5. The standard InChI is InChI=1S/C14H19N3O2/c1-9(2)11-5-6-17(16-11)12-8-14(19-4)13(18-3)7-10(12)15/h5-9H,15H2,1-4H3. The Bertz CT molecular complexity index is 576. The summed E-state index contributed by atoms with van der Waals surface area (Å²) >= 11 is 0. The third kappa shape index (κ3) is 2.50. The fourth-order valence-corrected chi connectivity index (χ4v) is 1.86. The van der Waals surface area contributed by atoms with Crippen molar-refractivity contribution in [1.29, 1.82) is 0 Å².